The third-order valence-corrected chi connectivity index (χ3v) is 3.61. The maximum atomic E-state index is 11.0. The number of hydrogen-bond donors (Lipinski definition) is 1. The Morgan fingerprint density at radius 2 is 2.00 bits per heavy atom. The molecule has 0 fully saturated rings. The minimum absolute atomic E-state index is 0.319. The van der Waals surface area contributed by atoms with Crippen molar-refractivity contribution < 1.29 is 8.42 Å². The van der Waals surface area contributed by atoms with Crippen LogP contribution < -0.4 is 9.62 Å². The van der Waals surface area contributed by atoms with Crippen molar-refractivity contribution in [3.63, 3.8) is 0 Å². The van der Waals surface area contributed by atoms with Crippen molar-refractivity contribution in [3.05, 3.63) is 16.5 Å². The third-order valence-electron chi connectivity index (χ3n) is 2.57. The zero-order valence-electron chi connectivity index (χ0n) is 11.6. The molecule has 0 saturated heterocycles. The minimum Gasteiger partial charge on any atom is -0.358 e. The molecule has 1 rings (SSSR count). The quantitative estimate of drug-likeness (QED) is 0.793. The number of hydrogen-bond acceptors (Lipinski definition) is 5. The summed E-state index contributed by atoms with van der Waals surface area (Å²) in [7, 11) is -1.32. The van der Waals surface area contributed by atoms with Gasteiger partial charge >= 0.3 is 0 Å². The van der Waals surface area contributed by atoms with Crippen LogP contribution in [-0.4, -0.2) is 44.8 Å². The molecule has 0 radical (unpaired) electrons. The van der Waals surface area contributed by atoms with E-state index in [1.165, 1.54) is 0 Å². The maximum Gasteiger partial charge on any atom is 0.208 e. The second-order valence-corrected chi connectivity index (χ2v) is 6.50. The molecular formula is C11H19ClN4O2S. The Morgan fingerprint density at radius 1 is 1.37 bits per heavy atom. The monoisotopic (exact) mass is 306 g/mol. The highest BCUT2D eigenvalue weighted by Crippen LogP contribution is 2.23. The summed E-state index contributed by atoms with van der Waals surface area (Å²) in [6.07, 6.45) is 1.86. The smallest absolute Gasteiger partial charge is 0.208 e. The van der Waals surface area contributed by atoms with E-state index in [9.17, 15) is 8.42 Å². The predicted molar refractivity (Wildman–Crippen MR) is 77.3 cm³/mol. The van der Waals surface area contributed by atoms with Gasteiger partial charge in [0.05, 0.1) is 6.26 Å². The van der Waals surface area contributed by atoms with Gasteiger partial charge in [-0.05, 0) is 13.3 Å². The van der Waals surface area contributed by atoms with Crippen LogP contribution in [0.4, 0.5) is 5.82 Å². The Balaban J connectivity index is 2.84. The van der Waals surface area contributed by atoms with Crippen molar-refractivity contribution in [2.24, 2.45) is 0 Å². The van der Waals surface area contributed by atoms with Crippen molar-refractivity contribution in [2.45, 2.75) is 20.3 Å². The molecule has 8 heteroatoms. The molecule has 0 aliphatic rings. The molecule has 0 amide bonds. The van der Waals surface area contributed by atoms with E-state index >= 15 is 0 Å². The lowest BCUT2D eigenvalue weighted by Gasteiger charge is -2.21. The van der Waals surface area contributed by atoms with Gasteiger partial charge in [-0.1, -0.05) is 18.5 Å². The van der Waals surface area contributed by atoms with Crippen LogP contribution in [0.15, 0.2) is 0 Å². The van der Waals surface area contributed by atoms with Crippen LogP contribution in [0.25, 0.3) is 0 Å². The second-order valence-electron chi connectivity index (χ2n) is 4.31. The summed E-state index contributed by atoms with van der Waals surface area (Å²) >= 11 is 6.10. The molecule has 0 aromatic carbocycles. The van der Waals surface area contributed by atoms with E-state index in [1.807, 2.05) is 18.9 Å². The van der Waals surface area contributed by atoms with Gasteiger partial charge in [0.2, 0.25) is 10.0 Å². The van der Waals surface area contributed by atoms with E-state index in [2.05, 4.69) is 14.7 Å². The van der Waals surface area contributed by atoms with Gasteiger partial charge in [-0.2, -0.15) is 0 Å². The number of nitrogens with one attached hydrogen (secondary N) is 1. The summed E-state index contributed by atoms with van der Waals surface area (Å²) in [5.74, 6) is 1.34. The van der Waals surface area contributed by atoms with Crippen LogP contribution in [0.3, 0.4) is 0 Å². The Morgan fingerprint density at radius 3 is 2.53 bits per heavy atom. The van der Waals surface area contributed by atoms with Crippen molar-refractivity contribution in [3.8, 4) is 0 Å². The fraction of sp³-hybridized carbons (Fsp3) is 0.636. The average Bonchev–Trinajstić information content (AvgIpc) is 2.26. The lowest BCUT2D eigenvalue weighted by molar-refractivity contribution is 0.587. The van der Waals surface area contributed by atoms with Gasteiger partial charge in [-0.15, -0.1) is 0 Å². The second kappa shape index (κ2) is 6.49. The van der Waals surface area contributed by atoms with Gasteiger partial charge < -0.3 is 4.90 Å². The molecule has 0 aliphatic heterocycles. The zero-order chi connectivity index (χ0) is 14.6. The molecule has 1 heterocycles. The first-order chi connectivity index (χ1) is 8.74. The fourth-order valence-corrected chi connectivity index (χ4v) is 2.47. The largest absolute Gasteiger partial charge is 0.358 e. The van der Waals surface area contributed by atoms with Crippen molar-refractivity contribution in [2.75, 3.05) is 31.3 Å². The highest BCUT2D eigenvalue weighted by atomic mass is 35.5. The first-order valence-electron chi connectivity index (χ1n) is 5.93. The molecule has 108 valence electrons. The molecule has 1 N–H and O–H groups in total. The first kappa shape index (κ1) is 16.1. The molecule has 0 unspecified atom stereocenters. The SMILES string of the molecule is CCc1c(Cl)nc(C)nc1N(C)CCNS(C)(=O)=O. The van der Waals surface area contributed by atoms with Gasteiger partial charge in [0, 0.05) is 25.7 Å². The van der Waals surface area contributed by atoms with Gasteiger partial charge in [-0.3, -0.25) is 0 Å². The molecular weight excluding hydrogens is 288 g/mol. The van der Waals surface area contributed by atoms with Gasteiger partial charge in [-0.25, -0.2) is 23.1 Å². The van der Waals surface area contributed by atoms with Crippen LogP contribution in [0, 0.1) is 6.92 Å². The Hall–Kier alpha value is -0.920. The lowest BCUT2D eigenvalue weighted by Crippen LogP contribution is -2.33. The number of likely N-dealkylation sites (N-methyl/N-ethyl adjacent to an activating group) is 1. The van der Waals surface area contributed by atoms with Crippen LogP contribution >= 0.6 is 11.6 Å². The Labute approximate surface area is 119 Å². The van der Waals surface area contributed by atoms with Crippen LogP contribution in [0.5, 0.6) is 0 Å². The summed E-state index contributed by atoms with van der Waals surface area (Å²) in [6.45, 7) is 4.58. The average molecular weight is 307 g/mol. The predicted octanol–water partition coefficient (Wildman–Crippen LogP) is 0.986. The van der Waals surface area contributed by atoms with E-state index in [0.717, 1.165) is 24.1 Å². The molecule has 0 aliphatic carbocycles. The van der Waals surface area contributed by atoms with Crippen LogP contribution in [0.1, 0.15) is 18.3 Å². The number of rotatable bonds is 6. The van der Waals surface area contributed by atoms with E-state index in [4.69, 9.17) is 11.6 Å². The Bertz CT molecular complexity index is 548. The summed E-state index contributed by atoms with van der Waals surface area (Å²) in [6, 6.07) is 0. The highest BCUT2D eigenvalue weighted by molar-refractivity contribution is 7.88. The van der Waals surface area contributed by atoms with E-state index in [-0.39, 0.29) is 0 Å². The topological polar surface area (TPSA) is 75.2 Å². The number of anilines is 1. The number of aryl methyl sites for hydroxylation is 1. The normalized spacial score (nSPS) is 11.6. The molecule has 0 atom stereocenters. The first-order valence-corrected chi connectivity index (χ1v) is 8.20. The number of aromatic nitrogens is 2. The summed E-state index contributed by atoms with van der Waals surface area (Å²) in [5, 5.41) is 0.452. The lowest BCUT2D eigenvalue weighted by atomic mass is 10.2. The van der Waals surface area contributed by atoms with Crippen molar-refractivity contribution in [1.82, 2.24) is 14.7 Å². The standard InChI is InChI=1S/C11H19ClN4O2S/c1-5-9-10(12)14-8(2)15-11(9)16(3)7-6-13-19(4,17)18/h13H,5-7H2,1-4H3. The van der Waals surface area contributed by atoms with E-state index in [1.54, 1.807) is 6.92 Å². The van der Waals surface area contributed by atoms with Crippen LogP contribution in [-0.2, 0) is 16.4 Å². The minimum atomic E-state index is -3.17. The third kappa shape index (κ3) is 4.93. The molecule has 1 aromatic rings. The van der Waals surface area contributed by atoms with Crippen LogP contribution in [0.2, 0.25) is 5.15 Å². The fourth-order valence-electron chi connectivity index (χ4n) is 1.67. The summed E-state index contributed by atoms with van der Waals surface area (Å²) in [5.41, 5.74) is 0.870. The molecule has 6 nitrogen and oxygen atoms in total. The number of halogens is 1. The Kier molecular flexibility index (Phi) is 5.51. The molecule has 0 bridgehead atoms. The van der Waals surface area contributed by atoms with Gasteiger partial charge in [0.25, 0.3) is 0 Å². The molecule has 1 aromatic heterocycles. The van der Waals surface area contributed by atoms with Gasteiger partial charge in [0.1, 0.15) is 16.8 Å². The summed E-state index contributed by atoms with van der Waals surface area (Å²) < 4.78 is 24.5. The van der Waals surface area contributed by atoms with Gasteiger partial charge in [0.15, 0.2) is 0 Å². The molecule has 19 heavy (non-hydrogen) atoms. The zero-order valence-corrected chi connectivity index (χ0v) is 13.1. The van der Waals surface area contributed by atoms with Crippen molar-refractivity contribution >= 4 is 27.4 Å². The van der Waals surface area contributed by atoms with Crippen molar-refractivity contribution in [1.29, 1.82) is 0 Å². The van der Waals surface area contributed by atoms with E-state index < -0.39 is 10.0 Å². The molecule has 0 saturated carbocycles. The maximum absolute atomic E-state index is 11.0. The number of sulfonamides is 1. The van der Waals surface area contributed by atoms with E-state index in [0.29, 0.717) is 24.1 Å². The highest BCUT2D eigenvalue weighted by Gasteiger charge is 2.14. The number of nitrogens with zero attached hydrogens (tertiary/aromatic N) is 3. The summed E-state index contributed by atoms with van der Waals surface area (Å²) in [4.78, 5) is 10.4. The molecule has 0 spiro atoms.